The molecule has 1 heterocycles. The molecule has 0 aliphatic carbocycles. The van der Waals surface area contributed by atoms with E-state index in [0.717, 1.165) is 33.7 Å². The van der Waals surface area contributed by atoms with Crippen molar-refractivity contribution in [3.63, 3.8) is 0 Å². The molecule has 0 amide bonds. The molecule has 0 bridgehead atoms. The normalized spacial score (nSPS) is 12.2. The van der Waals surface area contributed by atoms with Crippen LogP contribution in [-0.2, 0) is 12.4 Å². The van der Waals surface area contributed by atoms with Gasteiger partial charge in [0.2, 0.25) is 0 Å². The fourth-order valence-corrected chi connectivity index (χ4v) is 4.81. The van der Waals surface area contributed by atoms with Gasteiger partial charge in [0.25, 0.3) is 0 Å². The van der Waals surface area contributed by atoms with Crippen LogP contribution in [0.3, 0.4) is 0 Å². The molecule has 0 atom stereocenters. The van der Waals surface area contributed by atoms with Crippen LogP contribution in [-0.4, -0.2) is 4.98 Å². The SMILES string of the molecule is FC(F)(F)c1cc(-c2cc(-c3ccc4ccccc4c3)nc(-c3ccc4ccccc4c3)c2)cc(C(F)(F)F)c1. The molecule has 0 aliphatic rings. The number of benzene rings is 5. The molecule has 0 unspecified atom stereocenters. The topological polar surface area (TPSA) is 12.9 Å². The quantitative estimate of drug-likeness (QED) is 0.202. The number of pyridine rings is 1. The number of hydrogen-bond donors (Lipinski definition) is 0. The molecule has 0 spiro atoms. The summed E-state index contributed by atoms with van der Waals surface area (Å²) in [6.45, 7) is 0. The van der Waals surface area contributed by atoms with Crippen LogP contribution in [0.2, 0.25) is 0 Å². The Morgan fingerprint density at radius 1 is 0.375 bits per heavy atom. The van der Waals surface area contributed by atoms with E-state index in [1.807, 2.05) is 84.9 Å². The predicted octanol–water partition coefficient (Wildman–Crippen LogP) is 10.4. The van der Waals surface area contributed by atoms with Crippen LogP contribution in [0.25, 0.3) is 55.2 Å². The molecule has 1 aromatic heterocycles. The van der Waals surface area contributed by atoms with Gasteiger partial charge in [-0.2, -0.15) is 26.3 Å². The van der Waals surface area contributed by atoms with E-state index in [0.29, 0.717) is 22.5 Å². The number of nitrogens with zero attached hydrogens (tertiary/aromatic N) is 1. The van der Waals surface area contributed by atoms with E-state index < -0.39 is 23.5 Å². The van der Waals surface area contributed by atoms with Gasteiger partial charge in [-0.05, 0) is 75.1 Å². The van der Waals surface area contributed by atoms with E-state index in [1.54, 1.807) is 0 Å². The van der Waals surface area contributed by atoms with Crippen LogP contribution >= 0.6 is 0 Å². The third-order valence-electron chi connectivity index (χ3n) is 6.84. The molecule has 6 aromatic rings. The molecular weight excluding hydrogens is 524 g/mol. The lowest BCUT2D eigenvalue weighted by molar-refractivity contribution is -0.143. The summed E-state index contributed by atoms with van der Waals surface area (Å²) in [5, 5.41) is 3.84. The molecule has 0 aliphatic heterocycles. The number of hydrogen-bond acceptors (Lipinski definition) is 1. The minimum Gasteiger partial charge on any atom is -0.248 e. The summed E-state index contributed by atoms with van der Waals surface area (Å²) in [6.07, 6.45) is -9.91. The maximum absolute atomic E-state index is 13.7. The van der Waals surface area contributed by atoms with E-state index in [1.165, 1.54) is 12.1 Å². The Morgan fingerprint density at radius 2 is 0.775 bits per heavy atom. The van der Waals surface area contributed by atoms with Gasteiger partial charge in [0.15, 0.2) is 0 Å². The van der Waals surface area contributed by atoms with E-state index in [4.69, 9.17) is 4.98 Å². The molecule has 40 heavy (non-hydrogen) atoms. The highest BCUT2D eigenvalue weighted by molar-refractivity contribution is 5.90. The summed E-state index contributed by atoms with van der Waals surface area (Å²) in [7, 11) is 0. The first kappa shape index (κ1) is 25.6. The fraction of sp³-hybridized carbons (Fsp3) is 0.0606. The van der Waals surface area contributed by atoms with Crippen LogP contribution in [0, 0.1) is 0 Å². The Balaban J connectivity index is 1.60. The van der Waals surface area contributed by atoms with Crippen molar-refractivity contribution in [1.82, 2.24) is 4.98 Å². The average molecular weight is 544 g/mol. The molecule has 1 nitrogen and oxygen atoms in total. The maximum Gasteiger partial charge on any atom is 0.416 e. The van der Waals surface area contributed by atoms with Gasteiger partial charge in [0.05, 0.1) is 22.5 Å². The van der Waals surface area contributed by atoms with E-state index in [9.17, 15) is 26.3 Å². The maximum atomic E-state index is 13.7. The highest BCUT2D eigenvalue weighted by Gasteiger charge is 2.37. The van der Waals surface area contributed by atoms with Gasteiger partial charge < -0.3 is 0 Å². The number of alkyl halides is 6. The van der Waals surface area contributed by atoms with E-state index in [-0.39, 0.29) is 17.2 Å². The molecular formula is C33H19F6N. The van der Waals surface area contributed by atoms with Crippen LogP contribution in [0.5, 0.6) is 0 Å². The zero-order chi connectivity index (χ0) is 28.1. The first-order valence-corrected chi connectivity index (χ1v) is 12.3. The molecule has 6 rings (SSSR count). The summed E-state index contributed by atoms with van der Waals surface area (Å²) in [6, 6.07) is 31.3. The Bertz CT molecular complexity index is 1760. The van der Waals surface area contributed by atoms with Crippen molar-refractivity contribution in [2.45, 2.75) is 12.4 Å². The van der Waals surface area contributed by atoms with Crippen LogP contribution in [0.15, 0.2) is 115 Å². The number of aromatic nitrogens is 1. The van der Waals surface area contributed by atoms with Crippen molar-refractivity contribution < 1.29 is 26.3 Å². The van der Waals surface area contributed by atoms with E-state index >= 15 is 0 Å². The van der Waals surface area contributed by atoms with Gasteiger partial charge in [0, 0.05) is 11.1 Å². The lowest BCUT2D eigenvalue weighted by Gasteiger charge is -2.16. The van der Waals surface area contributed by atoms with Crippen LogP contribution < -0.4 is 0 Å². The van der Waals surface area contributed by atoms with Crippen molar-refractivity contribution in [3.8, 4) is 33.6 Å². The smallest absolute Gasteiger partial charge is 0.248 e. The highest BCUT2D eigenvalue weighted by Crippen LogP contribution is 2.40. The van der Waals surface area contributed by atoms with Crippen molar-refractivity contribution >= 4 is 21.5 Å². The second kappa shape index (κ2) is 9.52. The fourth-order valence-electron chi connectivity index (χ4n) is 4.81. The van der Waals surface area contributed by atoms with Crippen molar-refractivity contribution in [3.05, 3.63) is 126 Å². The highest BCUT2D eigenvalue weighted by atomic mass is 19.4. The van der Waals surface area contributed by atoms with Gasteiger partial charge in [-0.25, -0.2) is 4.98 Å². The Hall–Kier alpha value is -4.65. The molecule has 0 N–H and O–H groups in total. The molecule has 0 fully saturated rings. The first-order valence-electron chi connectivity index (χ1n) is 12.3. The first-order chi connectivity index (χ1) is 19.0. The number of halogens is 6. The molecule has 0 saturated heterocycles. The lowest BCUT2D eigenvalue weighted by atomic mass is 9.95. The zero-order valence-electron chi connectivity index (χ0n) is 20.7. The second-order valence-electron chi connectivity index (χ2n) is 9.54. The van der Waals surface area contributed by atoms with Gasteiger partial charge in [0.1, 0.15) is 0 Å². The molecule has 7 heteroatoms. The summed E-state index contributed by atoms with van der Waals surface area (Å²) in [5.41, 5.74) is -0.514. The van der Waals surface area contributed by atoms with Crippen molar-refractivity contribution in [2.75, 3.05) is 0 Å². The Morgan fingerprint density at radius 3 is 1.20 bits per heavy atom. The van der Waals surface area contributed by atoms with E-state index in [2.05, 4.69) is 0 Å². The molecule has 5 aromatic carbocycles. The Labute approximate surface area is 225 Å². The standard InChI is InChI=1S/C33H19F6N/c34-32(35,36)28-15-26(16-29(19-28)33(37,38)39)27-17-30(24-11-9-20-5-1-3-7-22(20)13-24)40-31(18-27)25-12-10-21-6-2-4-8-23(21)14-25/h1-19H. The third-order valence-corrected chi connectivity index (χ3v) is 6.84. The minimum atomic E-state index is -4.95. The molecule has 198 valence electrons. The van der Waals surface area contributed by atoms with Crippen molar-refractivity contribution in [2.24, 2.45) is 0 Å². The average Bonchev–Trinajstić information content (AvgIpc) is 2.95. The Kier molecular flexibility index (Phi) is 6.10. The predicted molar refractivity (Wildman–Crippen MR) is 146 cm³/mol. The minimum absolute atomic E-state index is 0.138. The summed E-state index contributed by atoms with van der Waals surface area (Å²) < 4.78 is 81.9. The number of rotatable bonds is 3. The third kappa shape index (κ3) is 5.02. The zero-order valence-corrected chi connectivity index (χ0v) is 20.7. The number of fused-ring (bicyclic) bond motifs is 2. The van der Waals surface area contributed by atoms with Crippen molar-refractivity contribution in [1.29, 1.82) is 0 Å². The van der Waals surface area contributed by atoms with Gasteiger partial charge in [-0.3, -0.25) is 0 Å². The summed E-state index contributed by atoms with van der Waals surface area (Å²) in [5.74, 6) is 0. The van der Waals surface area contributed by atoms with Crippen LogP contribution in [0.1, 0.15) is 11.1 Å². The van der Waals surface area contributed by atoms with Gasteiger partial charge in [-0.1, -0.05) is 72.8 Å². The van der Waals surface area contributed by atoms with Gasteiger partial charge in [-0.15, -0.1) is 0 Å². The largest absolute Gasteiger partial charge is 0.416 e. The lowest BCUT2D eigenvalue weighted by Crippen LogP contribution is -2.11. The summed E-state index contributed by atoms with van der Waals surface area (Å²) in [4.78, 5) is 4.81. The van der Waals surface area contributed by atoms with Crippen LogP contribution in [0.4, 0.5) is 26.3 Å². The second-order valence-corrected chi connectivity index (χ2v) is 9.54. The molecule has 0 radical (unpaired) electrons. The molecule has 0 saturated carbocycles. The summed E-state index contributed by atoms with van der Waals surface area (Å²) >= 11 is 0. The van der Waals surface area contributed by atoms with Gasteiger partial charge >= 0.3 is 12.4 Å². The monoisotopic (exact) mass is 543 g/mol.